The minimum atomic E-state index is -4.49. The molecule has 3 heterocycles. The maximum absolute atomic E-state index is 13.5. The van der Waals surface area contributed by atoms with E-state index in [1.807, 2.05) is 6.07 Å². The van der Waals surface area contributed by atoms with Gasteiger partial charge in [-0.2, -0.15) is 18.3 Å². The maximum atomic E-state index is 13.5. The molecule has 2 aromatic carbocycles. The summed E-state index contributed by atoms with van der Waals surface area (Å²) in [6.07, 6.45) is 0.293. The molecule has 1 N–H and O–H groups in total. The summed E-state index contributed by atoms with van der Waals surface area (Å²) in [7, 11) is 0. The van der Waals surface area contributed by atoms with E-state index in [4.69, 9.17) is 0 Å². The maximum Gasteiger partial charge on any atom is 0.417 e. The Balaban J connectivity index is 0.00000153. The Morgan fingerprint density at radius 3 is 2.21 bits per heavy atom. The normalized spacial score (nSPS) is 11.2. The molecule has 0 radical (unpaired) electrons. The summed E-state index contributed by atoms with van der Waals surface area (Å²) in [5.41, 5.74) is 3.04. The van der Waals surface area contributed by atoms with Gasteiger partial charge in [0, 0.05) is 28.5 Å². The molecule has 0 spiro atoms. The van der Waals surface area contributed by atoms with Gasteiger partial charge in [-0.05, 0) is 42.5 Å². The van der Waals surface area contributed by atoms with E-state index < -0.39 is 11.7 Å². The molecule has 10 heteroatoms. The first-order valence-electron chi connectivity index (χ1n) is 9.35. The van der Waals surface area contributed by atoms with Crippen molar-refractivity contribution < 1.29 is 17.6 Å². The fraction of sp³-hybridized carbons (Fsp3) is 0.0435. The van der Waals surface area contributed by atoms with Crippen molar-refractivity contribution in [3.63, 3.8) is 0 Å². The number of aromatic amines is 1. The Morgan fingerprint density at radius 2 is 1.48 bits per heavy atom. The van der Waals surface area contributed by atoms with E-state index in [-0.39, 0.29) is 36.2 Å². The quantitative estimate of drug-likeness (QED) is 0.273. The number of H-pyrrole nitrogens is 1. The van der Waals surface area contributed by atoms with E-state index in [1.54, 1.807) is 41.1 Å². The zero-order valence-electron chi connectivity index (χ0n) is 16.7. The van der Waals surface area contributed by atoms with Crippen LogP contribution >= 0.6 is 24.8 Å². The lowest BCUT2D eigenvalue weighted by Gasteiger charge is -2.13. The molecule has 0 aliphatic carbocycles. The zero-order chi connectivity index (χ0) is 21.6. The van der Waals surface area contributed by atoms with E-state index >= 15 is 0 Å². The number of nitrogens with zero attached hydrogens (tertiary/aromatic N) is 3. The van der Waals surface area contributed by atoms with Crippen LogP contribution in [0.3, 0.4) is 0 Å². The summed E-state index contributed by atoms with van der Waals surface area (Å²) in [6.45, 7) is 0. The predicted molar refractivity (Wildman–Crippen MR) is 123 cm³/mol. The SMILES string of the molecule is Cl.Cl.Fc1ccc(-c2[nH]ncc2-c2ccc3ncc(-c4ccccc4C(F)(F)F)n3c2)cc1. The molecule has 0 fully saturated rings. The number of alkyl halides is 3. The number of rotatable bonds is 3. The van der Waals surface area contributed by atoms with E-state index in [9.17, 15) is 17.6 Å². The lowest BCUT2D eigenvalue weighted by molar-refractivity contribution is -0.137. The second-order valence-electron chi connectivity index (χ2n) is 7.00. The standard InChI is InChI=1S/C23H14F4N4.2ClH/c24-16-8-5-14(6-9-16)22-18(11-29-30-22)15-7-10-21-28-12-20(31(21)13-15)17-3-1-2-4-19(17)23(25,26)27;;/h1-13H,(H,29,30);2*1H. The van der Waals surface area contributed by atoms with Crippen LogP contribution in [0.15, 0.2) is 79.3 Å². The lowest BCUT2D eigenvalue weighted by atomic mass is 10.0. The molecule has 33 heavy (non-hydrogen) atoms. The van der Waals surface area contributed by atoms with E-state index in [1.165, 1.54) is 30.5 Å². The number of halogens is 6. The van der Waals surface area contributed by atoms with Crippen molar-refractivity contribution in [2.75, 3.05) is 0 Å². The fourth-order valence-corrected chi connectivity index (χ4v) is 3.63. The van der Waals surface area contributed by atoms with Gasteiger partial charge in [-0.15, -0.1) is 24.8 Å². The van der Waals surface area contributed by atoms with Crippen molar-refractivity contribution in [2.24, 2.45) is 0 Å². The van der Waals surface area contributed by atoms with Gasteiger partial charge in [-0.25, -0.2) is 9.37 Å². The summed E-state index contributed by atoms with van der Waals surface area (Å²) >= 11 is 0. The van der Waals surface area contributed by atoms with Crippen LogP contribution in [0.1, 0.15) is 5.56 Å². The number of aromatic nitrogens is 4. The Bertz CT molecular complexity index is 1390. The van der Waals surface area contributed by atoms with Gasteiger partial charge in [-0.1, -0.05) is 18.2 Å². The summed E-state index contributed by atoms with van der Waals surface area (Å²) in [5, 5.41) is 7.01. The van der Waals surface area contributed by atoms with E-state index in [2.05, 4.69) is 15.2 Å². The van der Waals surface area contributed by atoms with Gasteiger partial charge in [0.05, 0.1) is 29.3 Å². The van der Waals surface area contributed by atoms with Crippen LogP contribution in [0.2, 0.25) is 0 Å². The first-order chi connectivity index (χ1) is 14.9. The molecule has 4 nitrogen and oxygen atoms in total. The van der Waals surface area contributed by atoms with Crippen LogP contribution in [0.25, 0.3) is 39.3 Å². The van der Waals surface area contributed by atoms with Crippen molar-refractivity contribution in [1.82, 2.24) is 19.6 Å². The van der Waals surface area contributed by atoms with Gasteiger partial charge >= 0.3 is 6.18 Å². The molecule has 5 rings (SSSR count). The number of benzene rings is 2. The Kier molecular flexibility index (Phi) is 6.81. The number of hydrogen-bond donors (Lipinski definition) is 1. The highest BCUT2D eigenvalue weighted by atomic mass is 35.5. The highest BCUT2D eigenvalue weighted by Gasteiger charge is 2.34. The molecule has 0 aliphatic rings. The minimum Gasteiger partial charge on any atom is -0.299 e. The third kappa shape index (κ3) is 4.44. The molecule has 0 aliphatic heterocycles. The highest BCUT2D eigenvalue weighted by Crippen LogP contribution is 2.38. The van der Waals surface area contributed by atoms with Crippen molar-refractivity contribution in [3.05, 3.63) is 90.6 Å². The third-order valence-corrected chi connectivity index (χ3v) is 5.10. The van der Waals surface area contributed by atoms with Crippen LogP contribution in [-0.4, -0.2) is 19.6 Å². The number of hydrogen-bond acceptors (Lipinski definition) is 2. The molecule has 0 saturated heterocycles. The molecule has 0 saturated carbocycles. The van der Waals surface area contributed by atoms with Gasteiger partial charge in [0.25, 0.3) is 0 Å². The second-order valence-corrected chi connectivity index (χ2v) is 7.00. The summed E-state index contributed by atoms with van der Waals surface area (Å²) in [5.74, 6) is -0.349. The first-order valence-corrected chi connectivity index (χ1v) is 9.35. The van der Waals surface area contributed by atoms with Gasteiger partial charge < -0.3 is 0 Å². The number of pyridine rings is 1. The summed E-state index contributed by atoms with van der Waals surface area (Å²) < 4.78 is 55.6. The van der Waals surface area contributed by atoms with Gasteiger partial charge in [0.2, 0.25) is 0 Å². The minimum absolute atomic E-state index is 0. The van der Waals surface area contributed by atoms with Crippen LogP contribution in [0, 0.1) is 5.82 Å². The van der Waals surface area contributed by atoms with Crippen molar-refractivity contribution in [3.8, 4) is 33.6 Å². The molecular formula is C23H16Cl2F4N4. The fourth-order valence-electron chi connectivity index (χ4n) is 3.63. The monoisotopic (exact) mass is 494 g/mol. The van der Waals surface area contributed by atoms with Gasteiger partial charge in [0.1, 0.15) is 11.5 Å². The van der Waals surface area contributed by atoms with Crippen molar-refractivity contribution in [2.45, 2.75) is 6.18 Å². The summed E-state index contributed by atoms with van der Waals surface area (Å²) in [6, 6.07) is 14.9. The average Bonchev–Trinajstić information content (AvgIpc) is 3.40. The van der Waals surface area contributed by atoms with E-state index in [0.717, 1.165) is 22.8 Å². The molecule has 0 amide bonds. The molecule has 5 aromatic rings. The van der Waals surface area contributed by atoms with Gasteiger partial charge in [0.15, 0.2) is 0 Å². The van der Waals surface area contributed by atoms with E-state index in [0.29, 0.717) is 17.0 Å². The number of imidazole rings is 1. The highest BCUT2D eigenvalue weighted by molar-refractivity contribution is 5.85. The molecule has 0 bridgehead atoms. The molecular weight excluding hydrogens is 479 g/mol. The van der Waals surface area contributed by atoms with Crippen molar-refractivity contribution in [1.29, 1.82) is 0 Å². The van der Waals surface area contributed by atoms with Crippen LogP contribution in [0.5, 0.6) is 0 Å². The number of nitrogens with one attached hydrogen (secondary N) is 1. The first kappa shape index (κ1) is 24.3. The smallest absolute Gasteiger partial charge is 0.299 e. The number of fused-ring (bicyclic) bond motifs is 1. The van der Waals surface area contributed by atoms with Crippen LogP contribution in [-0.2, 0) is 6.18 Å². The van der Waals surface area contributed by atoms with Crippen molar-refractivity contribution >= 4 is 30.5 Å². The van der Waals surface area contributed by atoms with Crippen LogP contribution < -0.4 is 0 Å². The third-order valence-electron chi connectivity index (χ3n) is 5.10. The zero-order valence-corrected chi connectivity index (χ0v) is 18.3. The Hall–Kier alpha value is -3.36. The predicted octanol–water partition coefficient (Wildman–Crippen LogP) is 7.06. The molecule has 0 atom stereocenters. The van der Waals surface area contributed by atoms with Crippen LogP contribution in [0.4, 0.5) is 17.6 Å². The Labute approximate surface area is 198 Å². The molecule has 3 aromatic heterocycles. The second kappa shape index (κ2) is 9.25. The average molecular weight is 495 g/mol. The topological polar surface area (TPSA) is 46.0 Å². The lowest BCUT2D eigenvalue weighted by Crippen LogP contribution is -2.07. The Morgan fingerprint density at radius 1 is 0.788 bits per heavy atom. The summed E-state index contributed by atoms with van der Waals surface area (Å²) in [4.78, 5) is 4.26. The molecule has 170 valence electrons. The van der Waals surface area contributed by atoms with Gasteiger partial charge in [-0.3, -0.25) is 9.50 Å². The largest absolute Gasteiger partial charge is 0.417 e. The molecule has 0 unspecified atom stereocenters.